The molecule has 0 radical (unpaired) electrons. The molecule has 3 atom stereocenters. The number of rotatable bonds is 4. The summed E-state index contributed by atoms with van der Waals surface area (Å²) in [5.74, 6) is 0.942. The summed E-state index contributed by atoms with van der Waals surface area (Å²) in [5, 5.41) is 9.78. The van der Waals surface area contributed by atoms with Crippen LogP contribution < -0.4 is 0 Å². The number of aliphatic hydroxyl groups excluding tert-OH is 1. The Hall–Kier alpha value is -0.0900. The molecule has 0 aromatic rings. The number of hydrogen-bond donors (Lipinski definition) is 1. The molecule has 0 bridgehead atoms. The van der Waals surface area contributed by atoms with Gasteiger partial charge in [0.2, 0.25) is 0 Å². The molecule has 0 aromatic heterocycles. The maximum Gasteiger partial charge on any atom is 0.152 e. The minimum absolute atomic E-state index is 0.145. The molecular weight excluding hydrogens is 260 g/mol. The normalized spacial score (nSPS) is 29.7. The van der Waals surface area contributed by atoms with Gasteiger partial charge in [0.25, 0.3) is 0 Å². The lowest BCUT2D eigenvalue weighted by atomic mass is 9.67. The first-order valence-corrected chi connectivity index (χ1v) is 9.15. The van der Waals surface area contributed by atoms with Gasteiger partial charge in [0, 0.05) is 0 Å². The van der Waals surface area contributed by atoms with Gasteiger partial charge in [0.05, 0.1) is 17.1 Å². The molecule has 0 saturated heterocycles. The Kier molecular flexibility index (Phi) is 5.47. The number of hydrogen-bond acceptors (Lipinski definition) is 3. The zero-order valence-electron chi connectivity index (χ0n) is 13.0. The molecule has 0 heterocycles. The van der Waals surface area contributed by atoms with Gasteiger partial charge in [-0.2, -0.15) is 0 Å². The highest BCUT2D eigenvalue weighted by atomic mass is 32.2. The quantitative estimate of drug-likeness (QED) is 0.866. The third-order valence-electron chi connectivity index (χ3n) is 4.66. The molecule has 4 heteroatoms. The molecular formula is C15H30O3S. The van der Waals surface area contributed by atoms with Crippen LogP contribution in [0, 0.1) is 17.3 Å². The summed E-state index contributed by atoms with van der Waals surface area (Å²) in [6, 6.07) is 0. The highest BCUT2D eigenvalue weighted by molar-refractivity contribution is 7.91. The van der Waals surface area contributed by atoms with E-state index < -0.39 is 9.84 Å². The maximum atomic E-state index is 11.9. The monoisotopic (exact) mass is 290 g/mol. The summed E-state index contributed by atoms with van der Waals surface area (Å²) in [4.78, 5) is 0. The molecule has 3 unspecified atom stereocenters. The molecule has 114 valence electrons. The highest BCUT2D eigenvalue weighted by Crippen LogP contribution is 2.41. The summed E-state index contributed by atoms with van der Waals surface area (Å²) < 4.78 is 23.8. The van der Waals surface area contributed by atoms with Crippen molar-refractivity contribution in [2.24, 2.45) is 17.3 Å². The van der Waals surface area contributed by atoms with Gasteiger partial charge in [-0.25, -0.2) is 8.42 Å². The van der Waals surface area contributed by atoms with Crippen molar-refractivity contribution in [2.45, 2.75) is 71.7 Å². The van der Waals surface area contributed by atoms with Crippen LogP contribution in [0.25, 0.3) is 0 Å². The van der Waals surface area contributed by atoms with E-state index in [1.165, 1.54) is 0 Å². The molecule has 0 spiro atoms. The topological polar surface area (TPSA) is 54.4 Å². The van der Waals surface area contributed by atoms with Gasteiger partial charge in [-0.05, 0) is 56.8 Å². The third kappa shape index (κ3) is 4.75. The second kappa shape index (κ2) is 6.13. The van der Waals surface area contributed by atoms with Crippen LogP contribution in [-0.4, -0.2) is 30.6 Å². The van der Waals surface area contributed by atoms with Crippen LogP contribution in [0.2, 0.25) is 0 Å². The first kappa shape index (κ1) is 17.0. The van der Waals surface area contributed by atoms with E-state index in [0.717, 1.165) is 19.3 Å². The summed E-state index contributed by atoms with van der Waals surface area (Å²) in [6.07, 6.45) is 3.11. The molecule has 0 amide bonds. The van der Waals surface area contributed by atoms with Crippen molar-refractivity contribution in [2.75, 3.05) is 5.75 Å². The van der Waals surface area contributed by atoms with Crippen molar-refractivity contribution in [1.82, 2.24) is 0 Å². The third-order valence-corrected chi connectivity index (χ3v) is 6.90. The SMILES string of the molecule is CC(C)S(=O)(=O)CCC1CC(C(C)(C)C)CCC1O. The largest absolute Gasteiger partial charge is 0.393 e. The van der Waals surface area contributed by atoms with Gasteiger partial charge >= 0.3 is 0 Å². The van der Waals surface area contributed by atoms with Crippen LogP contribution in [-0.2, 0) is 9.84 Å². The van der Waals surface area contributed by atoms with E-state index in [2.05, 4.69) is 20.8 Å². The highest BCUT2D eigenvalue weighted by Gasteiger charge is 2.35. The molecule has 1 aliphatic rings. The smallest absolute Gasteiger partial charge is 0.152 e. The van der Waals surface area contributed by atoms with Crippen molar-refractivity contribution in [3.8, 4) is 0 Å². The molecule has 1 aliphatic carbocycles. The van der Waals surface area contributed by atoms with Crippen LogP contribution in [0.4, 0.5) is 0 Å². The molecule has 19 heavy (non-hydrogen) atoms. The van der Waals surface area contributed by atoms with E-state index in [4.69, 9.17) is 0 Å². The second-order valence-electron chi connectivity index (χ2n) is 7.41. The molecule has 1 rings (SSSR count). The van der Waals surface area contributed by atoms with Gasteiger partial charge in [0.1, 0.15) is 0 Å². The lowest BCUT2D eigenvalue weighted by Gasteiger charge is -2.40. The Morgan fingerprint density at radius 3 is 2.26 bits per heavy atom. The van der Waals surface area contributed by atoms with Crippen LogP contribution in [0.5, 0.6) is 0 Å². The molecule has 1 saturated carbocycles. The van der Waals surface area contributed by atoms with E-state index in [9.17, 15) is 13.5 Å². The van der Waals surface area contributed by atoms with E-state index in [1.807, 2.05) is 0 Å². The predicted molar refractivity (Wildman–Crippen MR) is 79.8 cm³/mol. The van der Waals surface area contributed by atoms with Crippen LogP contribution in [0.15, 0.2) is 0 Å². The molecule has 3 nitrogen and oxygen atoms in total. The lowest BCUT2D eigenvalue weighted by molar-refractivity contribution is 0.0183. The van der Waals surface area contributed by atoms with Gasteiger partial charge in [0.15, 0.2) is 9.84 Å². The van der Waals surface area contributed by atoms with Crippen molar-refractivity contribution in [1.29, 1.82) is 0 Å². The van der Waals surface area contributed by atoms with E-state index >= 15 is 0 Å². The second-order valence-corrected chi connectivity index (χ2v) is 10.1. The van der Waals surface area contributed by atoms with Crippen LogP contribution >= 0.6 is 0 Å². The van der Waals surface area contributed by atoms with Gasteiger partial charge in [-0.3, -0.25) is 0 Å². The Morgan fingerprint density at radius 1 is 1.21 bits per heavy atom. The molecule has 1 N–H and O–H groups in total. The fraction of sp³-hybridized carbons (Fsp3) is 1.00. The summed E-state index contributed by atoms with van der Waals surface area (Å²) in [5.41, 5.74) is 0.245. The Labute approximate surface area is 118 Å². The summed E-state index contributed by atoms with van der Waals surface area (Å²) >= 11 is 0. The van der Waals surface area contributed by atoms with E-state index in [-0.39, 0.29) is 28.4 Å². The van der Waals surface area contributed by atoms with Crippen molar-refractivity contribution >= 4 is 9.84 Å². The maximum absolute atomic E-state index is 11.9. The first-order chi connectivity index (χ1) is 8.54. The predicted octanol–water partition coefficient (Wildman–Crippen LogP) is 3.02. The number of sulfone groups is 1. The zero-order chi connectivity index (χ0) is 14.8. The van der Waals surface area contributed by atoms with Gasteiger partial charge in [-0.15, -0.1) is 0 Å². The van der Waals surface area contributed by atoms with Crippen molar-refractivity contribution in [3.63, 3.8) is 0 Å². The van der Waals surface area contributed by atoms with E-state index in [0.29, 0.717) is 12.3 Å². The average molecular weight is 290 g/mol. The Bertz CT molecular complexity index is 379. The number of aliphatic hydroxyl groups is 1. The lowest BCUT2D eigenvalue weighted by Crippen LogP contribution is -2.36. The van der Waals surface area contributed by atoms with Crippen molar-refractivity contribution in [3.05, 3.63) is 0 Å². The fourth-order valence-corrected chi connectivity index (χ4v) is 4.00. The molecule has 1 fully saturated rings. The first-order valence-electron chi connectivity index (χ1n) is 7.43. The van der Waals surface area contributed by atoms with E-state index in [1.54, 1.807) is 13.8 Å². The molecule has 0 aliphatic heterocycles. The minimum Gasteiger partial charge on any atom is -0.393 e. The standard InChI is InChI=1S/C15H30O3S/c1-11(2)19(17,18)9-8-12-10-13(15(3,4)5)6-7-14(12)16/h11-14,16H,6-10H2,1-5H3. The summed E-state index contributed by atoms with van der Waals surface area (Å²) in [7, 11) is -2.99. The Morgan fingerprint density at radius 2 is 1.79 bits per heavy atom. The van der Waals surface area contributed by atoms with Gasteiger partial charge in [-0.1, -0.05) is 20.8 Å². The fourth-order valence-electron chi connectivity index (χ4n) is 2.90. The zero-order valence-corrected chi connectivity index (χ0v) is 13.8. The van der Waals surface area contributed by atoms with Crippen LogP contribution in [0.1, 0.15) is 60.3 Å². The minimum atomic E-state index is -2.99. The Balaban J connectivity index is 2.61. The van der Waals surface area contributed by atoms with Crippen LogP contribution in [0.3, 0.4) is 0 Å². The van der Waals surface area contributed by atoms with Gasteiger partial charge < -0.3 is 5.11 Å². The average Bonchev–Trinajstić information content (AvgIpc) is 2.26. The summed E-state index contributed by atoms with van der Waals surface area (Å²) in [6.45, 7) is 10.2. The molecule has 0 aromatic carbocycles. The van der Waals surface area contributed by atoms with Crippen molar-refractivity contribution < 1.29 is 13.5 Å².